The van der Waals surface area contributed by atoms with Crippen LogP contribution in [0.3, 0.4) is 0 Å². The van der Waals surface area contributed by atoms with Gasteiger partial charge < -0.3 is 9.80 Å². The van der Waals surface area contributed by atoms with E-state index in [1.165, 1.54) is 5.56 Å². The van der Waals surface area contributed by atoms with Crippen molar-refractivity contribution in [2.24, 2.45) is 0 Å². The van der Waals surface area contributed by atoms with Crippen molar-refractivity contribution in [2.45, 2.75) is 13.8 Å². The van der Waals surface area contributed by atoms with Gasteiger partial charge in [-0.3, -0.25) is 0 Å². The first-order valence-corrected chi connectivity index (χ1v) is 8.22. The number of benzene rings is 1. The van der Waals surface area contributed by atoms with Crippen molar-refractivity contribution in [3.63, 3.8) is 0 Å². The predicted molar refractivity (Wildman–Crippen MR) is 95.5 cm³/mol. The van der Waals surface area contributed by atoms with Crippen molar-refractivity contribution in [2.75, 3.05) is 36.0 Å². The summed E-state index contributed by atoms with van der Waals surface area (Å²) in [5, 5.41) is 1.13. The lowest BCUT2D eigenvalue weighted by molar-refractivity contribution is 0.641. The van der Waals surface area contributed by atoms with E-state index in [-0.39, 0.29) is 0 Å². The van der Waals surface area contributed by atoms with Crippen molar-refractivity contribution in [1.82, 2.24) is 19.9 Å². The molecule has 24 heavy (non-hydrogen) atoms. The van der Waals surface area contributed by atoms with Crippen LogP contribution in [0.4, 0.5) is 11.6 Å². The van der Waals surface area contributed by atoms with Crippen molar-refractivity contribution >= 4 is 22.5 Å². The third-order valence-electron chi connectivity index (χ3n) is 4.51. The third kappa shape index (κ3) is 2.64. The summed E-state index contributed by atoms with van der Waals surface area (Å²) in [5.74, 6) is 2.85. The molecule has 0 unspecified atom stereocenters. The Labute approximate surface area is 141 Å². The van der Waals surface area contributed by atoms with Crippen LogP contribution in [0.5, 0.6) is 0 Å². The molecule has 6 heteroatoms. The summed E-state index contributed by atoms with van der Waals surface area (Å²) in [6.07, 6.45) is 3.50. The number of nitrogens with zero attached hydrogens (tertiary/aromatic N) is 6. The zero-order chi connectivity index (χ0) is 16.5. The molecule has 4 rings (SSSR count). The van der Waals surface area contributed by atoms with Gasteiger partial charge in [-0.05, 0) is 31.5 Å². The topological polar surface area (TPSA) is 58.0 Å². The Balaban J connectivity index is 1.57. The molecular formula is C18H20N6. The maximum atomic E-state index is 4.55. The van der Waals surface area contributed by atoms with Gasteiger partial charge in [-0.15, -0.1) is 0 Å². The second-order valence-electron chi connectivity index (χ2n) is 6.10. The van der Waals surface area contributed by atoms with Gasteiger partial charge in [0.25, 0.3) is 0 Å². The third-order valence-corrected chi connectivity index (χ3v) is 4.51. The first kappa shape index (κ1) is 14.8. The molecule has 2 aromatic heterocycles. The molecule has 3 heterocycles. The summed E-state index contributed by atoms with van der Waals surface area (Å²) in [7, 11) is 0. The smallest absolute Gasteiger partial charge is 0.140 e. The van der Waals surface area contributed by atoms with E-state index in [2.05, 4.69) is 54.9 Å². The monoisotopic (exact) mass is 320 g/mol. The Bertz CT molecular complexity index is 870. The second-order valence-corrected chi connectivity index (χ2v) is 6.10. The Kier molecular flexibility index (Phi) is 3.72. The highest BCUT2D eigenvalue weighted by atomic mass is 15.3. The van der Waals surface area contributed by atoms with Crippen LogP contribution in [0.15, 0.2) is 36.8 Å². The molecule has 0 saturated carbocycles. The van der Waals surface area contributed by atoms with Crippen molar-refractivity contribution in [1.29, 1.82) is 0 Å². The van der Waals surface area contributed by atoms with Gasteiger partial charge in [0.2, 0.25) is 0 Å². The van der Waals surface area contributed by atoms with Crippen LogP contribution in [0.1, 0.15) is 11.4 Å². The van der Waals surface area contributed by atoms with Gasteiger partial charge in [0.05, 0.1) is 5.52 Å². The fourth-order valence-electron chi connectivity index (χ4n) is 3.24. The van der Waals surface area contributed by atoms with Gasteiger partial charge in [-0.2, -0.15) is 0 Å². The average molecular weight is 320 g/mol. The van der Waals surface area contributed by atoms with E-state index < -0.39 is 0 Å². The van der Waals surface area contributed by atoms with Crippen LogP contribution in [-0.4, -0.2) is 46.1 Å². The molecule has 1 aromatic carbocycles. The molecule has 1 aliphatic rings. The molecule has 1 fully saturated rings. The summed E-state index contributed by atoms with van der Waals surface area (Å²) in [5.41, 5.74) is 2.22. The molecule has 6 nitrogen and oxygen atoms in total. The molecule has 0 N–H and O–H groups in total. The van der Waals surface area contributed by atoms with Gasteiger partial charge in [0, 0.05) is 37.8 Å². The second kappa shape index (κ2) is 6.03. The molecular weight excluding hydrogens is 300 g/mol. The first-order chi connectivity index (χ1) is 11.7. The summed E-state index contributed by atoms with van der Waals surface area (Å²) in [4.78, 5) is 22.3. The predicted octanol–water partition coefficient (Wildman–Crippen LogP) is 2.36. The van der Waals surface area contributed by atoms with Crippen molar-refractivity contribution in [3.8, 4) is 0 Å². The molecule has 0 radical (unpaired) electrons. The van der Waals surface area contributed by atoms with E-state index in [0.29, 0.717) is 0 Å². The molecule has 1 saturated heterocycles. The maximum Gasteiger partial charge on any atom is 0.140 e. The van der Waals surface area contributed by atoms with Gasteiger partial charge in [0.1, 0.15) is 23.8 Å². The number of hydrogen-bond acceptors (Lipinski definition) is 6. The number of aromatic nitrogens is 4. The summed E-state index contributed by atoms with van der Waals surface area (Å²) in [6.45, 7) is 7.71. The van der Waals surface area contributed by atoms with E-state index in [1.807, 2.05) is 19.2 Å². The highest BCUT2D eigenvalue weighted by molar-refractivity contribution is 5.91. The van der Waals surface area contributed by atoms with Gasteiger partial charge in [-0.1, -0.05) is 12.1 Å². The molecule has 0 bridgehead atoms. The summed E-state index contributed by atoms with van der Waals surface area (Å²) >= 11 is 0. The van der Waals surface area contributed by atoms with Gasteiger partial charge >= 0.3 is 0 Å². The highest BCUT2D eigenvalue weighted by Gasteiger charge is 2.21. The van der Waals surface area contributed by atoms with Gasteiger partial charge in [0.15, 0.2) is 0 Å². The Morgan fingerprint density at radius 1 is 0.875 bits per heavy atom. The number of piperazine rings is 1. The van der Waals surface area contributed by atoms with E-state index in [0.717, 1.165) is 54.5 Å². The molecule has 0 atom stereocenters. The molecule has 0 amide bonds. The zero-order valence-corrected chi connectivity index (χ0v) is 14.0. The minimum atomic E-state index is 0.812. The number of hydrogen-bond donors (Lipinski definition) is 0. The van der Waals surface area contributed by atoms with Crippen LogP contribution in [0, 0.1) is 13.8 Å². The lowest BCUT2D eigenvalue weighted by Crippen LogP contribution is -2.47. The number of aryl methyl sites for hydroxylation is 2. The lowest BCUT2D eigenvalue weighted by atomic mass is 10.1. The van der Waals surface area contributed by atoms with Crippen molar-refractivity contribution in [3.05, 3.63) is 48.2 Å². The molecule has 0 spiro atoms. The molecule has 1 aliphatic heterocycles. The van der Waals surface area contributed by atoms with Crippen LogP contribution in [0.25, 0.3) is 10.9 Å². The minimum absolute atomic E-state index is 0.812. The summed E-state index contributed by atoms with van der Waals surface area (Å²) < 4.78 is 0. The minimum Gasteiger partial charge on any atom is -0.353 e. The number of rotatable bonds is 2. The number of anilines is 2. The lowest BCUT2D eigenvalue weighted by Gasteiger charge is -2.36. The highest BCUT2D eigenvalue weighted by Crippen LogP contribution is 2.26. The Morgan fingerprint density at radius 2 is 1.67 bits per heavy atom. The standard InChI is InChI=1S/C18H20N6/c1-13-4-3-5-15-17(13)20-12-21-18(15)24-10-8-23(9-11-24)16-6-7-19-14(2)22-16/h3-7,12H,8-11H2,1-2H3. The Morgan fingerprint density at radius 3 is 2.46 bits per heavy atom. The average Bonchev–Trinajstić information content (AvgIpc) is 2.62. The quantitative estimate of drug-likeness (QED) is 0.722. The van der Waals surface area contributed by atoms with Crippen LogP contribution in [-0.2, 0) is 0 Å². The summed E-state index contributed by atoms with van der Waals surface area (Å²) in [6, 6.07) is 8.25. The fraction of sp³-hybridized carbons (Fsp3) is 0.333. The van der Waals surface area contributed by atoms with Crippen LogP contribution in [0.2, 0.25) is 0 Å². The number of fused-ring (bicyclic) bond motifs is 1. The fourth-order valence-corrected chi connectivity index (χ4v) is 3.24. The molecule has 0 aliphatic carbocycles. The van der Waals surface area contributed by atoms with E-state index in [9.17, 15) is 0 Å². The van der Waals surface area contributed by atoms with Crippen LogP contribution < -0.4 is 9.80 Å². The van der Waals surface area contributed by atoms with Crippen molar-refractivity contribution < 1.29 is 0 Å². The molecule has 122 valence electrons. The van der Waals surface area contributed by atoms with Crippen LogP contribution >= 0.6 is 0 Å². The zero-order valence-electron chi connectivity index (χ0n) is 14.0. The normalized spacial score (nSPS) is 15.1. The van der Waals surface area contributed by atoms with E-state index >= 15 is 0 Å². The largest absolute Gasteiger partial charge is 0.353 e. The van der Waals surface area contributed by atoms with E-state index in [1.54, 1.807) is 6.33 Å². The Hall–Kier alpha value is -2.76. The number of para-hydroxylation sites is 1. The SMILES string of the molecule is Cc1nccc(N2CCN(c3ncnc4c(C)cccc34)CC2)n1. The maximum absolute atomic E-state index is 4.55. The van der Waals surface area contributed by atoms with E-state index in [4.69, 9.17) is 0 Å². The molecule has 3 aromatic rings. The van der Waals surface area contributed by atoms with Gasteiger partial charge in [-0.25, -0.2) is 19.9 Å². The first-order valence-electron chi connectivity index (χ1n) is 8.22.